The number of hydrogen-bond donors (Lipinski definition) is 3. The fourth-order valence-corrected chi connectivity index (χ4v) is 2.77. The number of anilines is 3. The van der Waals surface area contributed by atoms with Crippen LogP contribution in [0.25, 0.3) is 11.2 Å². The lowest BCUT2D eigenvalue weighted by Gasteiger charge is -2.08. The van der Waals surface area contributed by atoms with Gasteiger partial charge in [0.15, 0.2) is 17.0 Å². The highest BCUT2D eigenvalue weighted by Gasteiger charge is 2.13. The zero-order valence-electron chi connectivity index (χ0n) is 14.0. The summed E-state index contributed by atoms with van der Waals surface area (Å²) in [5.41, 5.74) is 10.1. The Morgan fingerprint density at radius 2 is 1.69 bits per heavy atom. The molecule has 4 rings (SSSR count). The van der Waals surface area contributed by atoms with Gasteiger partial charge in [-0.25, -0.2) is 4.98 Å². The molecular formula is C19H18N6O. The minimum absolute atomic E-state index is 0.0343. The molecule has 0 saturated carbocycles. The molecule has 0 aliphatic heterocycles. The summed E-state index contributed by atoms with van der Waals surface area (Å²) >= 11 is 0. The molecule has 0 unspecified atom stereocenters. The van der Waals surface area contributed by atoms with Crippen LogP contribution in [0, 0.1) is 0 Å². The maximum Gasteiger partial charge on any atom is 0.224 e. The standard InChI is InChI=1S/C19H18N6O/c20-19-23-17(22-15-4-2-1-3-5-15)16-18(24-19)25(12-21-16)10-13-6-8-14(11-26)9-7-13/h1-9,12,26H,10-11H2,(H3,20,22,23,24). The monoisotopic (exact) mass is 346 g/mol. The van der Waals surface area contributed by atoms with E-state index in [0.717, 1.165) is 16.8 Å². The third-order valence-electron chi connectivity index (χ3n) is 4.08. The first kappa shape index (κ1) is 16.0. The number of aliphatic hydroxyl groups is 1. The maximum absolute atomic E-state index is 9.16. The molecule has 0 fully saturated rings. The average Bonchev–Trinajstić information content (AvgIpc) is 3.06. The molecule has 0 spiro atoms. The predicted molar refractivity (Wildman–Crippen MR) is 101 cm³/mol. The van der Waals surface area contributed by atoms with Crippen LogP contribution in [0.2, 0.25) is 0 Å². The summed E-state index contributed by atoms with van der Waals surface area (Å²) in [7, 11) is 0. The van der Waals surface area contributed by atoms with Gasteiger partial charge in [0, 0.05) is 5.69 Å². The molecule has 7 heteroatoms. The Balaban J connectivity index is 1.68. The van der Waals surface area contributed by atoms with Crippen molar-refractivity contribution in [2.45, 2.75) is 13.2 Å². The van der Waals surface area contributed by atoms with Gasteiger partial charge in [0.05, 0.1) is 19.5 Å². The average molecular weight is 346 g/mol. The van der Waals surface area contributed by atoms with Crippen LogP contribution in [0.4, 0.5) is 17.5 Å². The Morgan fingerprint density at radius 1 is 0.962 bits per heavy atom. The topological polar surface area (TPSA) is 102 Å². The number of aromatic nitrogens is 4. The highest BCUT2D eigenvalue weighted by Crippen LogP contribution is 2.24. The Labute approximate surface area is 150 Å². The zero-order valence-corrected chi connectivity index (χ0v) is 14.0. The molecule has 2 aromatic carbocycles. The lowest BCUT2D eigenvalue weighted by molar-refractivity contribution is 0.282. The quantitative estimate of drug-likeness (QED) is 0.513. The second-order valence-electron chi connectivity index (χ2n) is 5.94. The van der Waals surface area contributed by atoms with Crippen LogP contribution in [0.15, 0.2) is 60.9 Å². The first-order valence-corrected chi connectivity index (χ1v) is 8.22. The molecule has 0 saturated heterocycles. The number of aliphatic hydroxyl groups excluding tert-OH is 1. The van der Waals surface area contributed by atoms with Crippen molar-refractivity contribution in [1.82, 2.24) is 19.5 Å². The van der Waals surface area contributed by atoms with Gasteiger partial charge in [-0.2, -0.15) is 9.97 Å². The first-order chi connectivity index (χ1) is 12.7. The van der Waals surface area contributed by atoms with Gasteiger partial charge in [-0.05, 0) is 23.3 Å². The number of imidazole rings is 1. The zero-order chi connectivity index (χ0) is 17.9. The smallest absolute Gasteiger partial charge is 0.224 e. The van der Waals surface area contributed by atoms with Crippen molar-refractivity contribution in [3.63, 3.8) is 0 Å². The Kier molecular flexibility index (Phi) is 4.20. The van der Waals surface area contributed by atoms with Crippen LogP contribution in [0.1, 0.15) is 11.1 Å². The maximum atomic E-state index is 9.16. The number of fused-ring (bicyclic) bond motifs is 1. The Hall–Kier alpha value is -3.45. The molecule has 26 heavy (non-hydrogen) atoms. The molecule has 4 N–H and O–H groups in total. The van der Waals surface area contributed by atoms with Crippen molar-refractivity contribution >= 4 is 28.6 Å². The van der Waals surface area contributed by atoms with Gasteiger partial charge in [-0.15, -0.1) is 0 Å². The summed E-state index contributed by atoms with van der Waals surface area (Å²) in [6.07, 6.45) is 1.73. The second kappa shape index (κ2) is 6.81. The summed E-state index contributed by atoms with van der Waals surface area (Å²) in [5.74, 6) is 0.765. The highest BCUT2D eigenvalue weighted by molar-refractivity contribution is 5.86. The van der Waals surface area contributed by atoms with Crippen LogP contribution in [0.3, 0.4) is 0 Å². The Morgan fingerprint density at radius 3 is 2.42 bits per heavy atom. The van der Waals surface area contributed by atoms with E-state index < -0.39 is 0 Å². The van der Waals surface area contributed by atoms with Gasteiger partial charge >= 0.3 is 0 Å². The van der Waals surface area contributed by atoms with E-state index >= 15 is 0 Å². The third-order valence-corrected chi connectivity index (χ3v) is 4.08. The predicted octanol–water partition coefficient (Wildman–Crippen LogP) is 2.69. The van der Waals surface area contributed by atoms with Crippen molar-refractivity contribution in [2.24, 2.45) is 0 Å². The van der Waals surface area contributed by atoms with E-state index in [9.17, 15) is 0 Å². The SMILES string of the molecule is Nc1nc(Nc2ccccc2)c2ncn(Cc3ccc(CO)cc3)c2n1. The van der Waals surface area contributed by atoms with Crippen molar-refractivity contribution in [1.29, 1.82) is 0 Å². The normalized spacial score (nSPS) is 11.0. The van der Waals surface area contributed by atoms with Gasteiger partial charge in [-0.1, -0.05) is 42.5 Å². The van der Waals surface area contributed by atoms with Gasteiger partial charge in [0.1, 0.15) is 0 Å². The van der Waals surface area contributed by atoms with Crippen LogP contribution in [-0.2, 0) is 13.2 Å². The summed E-state index contributed by atoms with van der Waals surface area (Å²) in [5, 5.41) is 12.4. The van der Waals surface area contributed by atoms with E-state index in [1.54, 1.807) is 6.33 Å². The van der Waals surface area contributed by atoms with Crippen molar-refractivity contribution in [2.75, 3.05) is 11.1 Å². The number of rotatable bonds is 5. The van der Waals surface area contributed by atoms with Crippen molar-refractivity contribution in [3.8, 4) is 0 Å². The van der Waals surface area contributed by atoms with E-state index in [-0.39, 0.29) is 12.6 Å². The third kappa shape index (κ3) is 3.20. The number of nitrogens with one attached hydrogen (secondary N) is 1. The summed E-state index contributed by atoms with van der Waals surface area (Å²) < 4.78 is 1.93. The number of nitrogens with zero attached hydrogens (tertiary/aromatic N) is 4. The molecule has 0 atom stereocenters. The molecule has 130 valence electrons. The molecule has 0 aliphatic rings. The summed E-state index contributed by atoms with van der Waals surface area (Å²) in [6.45, 7) is 0.635. The molecular weight excluding hydrogens is 328 g/mol. The minimum atomic E-state index is 0.0343. The van der Waals surface area contributed by atoms with E-state index in [2.05, 4.69) is 20.3 Å². The fraction of sp³-hybridized carbons (Fsp3) is 0.105. The number of para-hydroxylation sites is 1. The molecule has 4 aromatic rings. The highest BCUT2D eigenvalue weighted by atomic mass is 16.3. The lowest BCUT2D eigenvalue weighted by atomic mass is 10.1. The van der Waals surface area contributed by atoms with Crippen LogP contribution in [0.5, 0.6) is 0 Å². The molecule has 0 radical (unpaired) electrons. The van der Waals surface area contributed by atoms with Crippen LogP contribution >= 0.6 is 0 Å². The van der Waals surface area contributed by atoms with Gasteiger partial charge in [0.2, 0.25) is 5.95 Å². The number of hydrogen-bond acceptors (Lipinski definition) is 6. The largest absolute Gasteiger partial charge is 0.392 e. The molecule has 0 aliphatic carbocycles. The molecule has 0 bridgehead atoms. The molecule has 0 amide bonds. The van der Waals surface area contributed by atoms with Crippen LogP contribution < -0.4 is 11.1 Å². The number of benzene rings is 2. The van der Waals surface area contributed by atoms with Gasteiger partial charge < -0.3 is 20.7 Å². The second-order valence-corrected chi connectivity index (χ2v) is 5.94. The van der Waals surface area contributed by atoms with E-state index in [1.807, 2.05) is 59.2 Å². The van der Waals surface area contributed by atoms with E-state index in [4.69, 9.17) is 10.8 Å². The number of nitrogen functional groups attached to an aromatic ring is 1. The first-order valence-electron chi connectivity index (χ1n) is 8.22. The number of nitrogens with two attached hydrogens (primary N) is 1. The van der Waals surface area contributed by atoms with Crippen molar-refractivity contribution < 1.29 is 5.11 Å². The van der Waals surface area contributed by atoms with Gasteiger partial charge in [-0.3, -0.25) is 0 Å². The van der Waals surface area contributed by atoms with E-state index in [0.29, 0.717) is 23.5 Å². The van der Waals surface area contributed by atoms with E-state index in [1.165, 1.54) is 0 Å². The molecule has 2 aromatic heterocycles. The minimum Gasteiger partial charge on any atom is -0.392 e. The lowest BCUT2D eigenvalue weighted by Crippen LogP contribution is -2.04. The molecule has 2 heterocycles. The summed E-state index contributed by atoms with van der Waals surface area (Å²) in [6, 6.07) is 17.5. The molecule has 7 nitrogen and oxygen atoms in total. The van der Waals surface area contributed by atoms with Crippen molar-refractivity contribution in [3.05, 3.63) is 72.1 Å². The fourth-order valence-electron chi connectivity index (χ4n) is 2.77. The summed E-state index contributed by atoms with van der Waals surface area (Å²) in [4.78, 5) is 13.1. The van der Waals surface area contributed by atoms with Gasteiger partial charge in [0.25, 0.3) is 0 Å². The Bertz CT molecular complexity index is 1030. The van der Waals surface area contributed by atoms with Crippen LogP contribution in [-0.4, -0.2) is 24.6 Å².